The number of hydrogen-bond acceptors (Lipinski definition) is 7. The lowest BCUT2D eigenvalue weighted by Crippen LogP contribution is -2.14. The van der Waals surface area contributed by atoms with E-state index in [1.807, 2.05) is 0 Å². The molecule has 0 aliphatic carbocycles. The third kappa shape index (κ3) is 6.58. The molecule has 4 rings (SSSR count). The summed E-state index contributed by atoms with van der Waals surface area (Å²) in [4.78, 5) is 29.7. The second kappa shape index (κ2) is 12.8. The predicted octanol–water partition coefficient (Wildman–Crippen LogP) is 6.88. The summed E-state index contributed by atoms with van der Waals surface area (Å²) in [6.07, 6.45) is 1.61. The lowest BCUT2D eigenvalue weighted by Gasteiger charge is -2.14. The molecular formula is C29H23BrFNO6S. The van der Waals surface area contributed by atoms with Gasteiger partial charge >= 0.3 is 5.97 Å². The van der Waals surface area contributed by atoms with Crippen molar-refractivity contribution in [2.45, 2.75) is 13.5 Å². The van der Waals surface area contributed by atoms with E-state index in [4.69, 9.17) is 14.2 Å². The standard InChI is InChI=1S/C29H23BrFNO6S/c1-3-37-29(35)24-25(33)23(39-28(24)32-27(34)18-9-5-4-6-10-18)15-17-13-20(30)26(22(14-17)36-2)38-16-19-11-7-8-12-21(19)31/h4-15,33H,3,16H2,1-2H3/b23-15-,32-28?. The number of thioether (sulfide) groups is 1. The fourth-order valence-corrected chi connectivity index (χ4v) is 5.20. The molecule has 1 amide bonds. The number of aliphatic hydroxyl groups is 1. The molecule has 3 aromatic rings. The number of aliphatic imine (C=N–C) groups is 1. The van der Waals surface area contributed by atoms with E-state index in [0.29, 0.717) is 32.7 Å². The van der Waals surface area contributed by atoms with Gasteiger partial charge in [-0.05, 0) is 64.8 Å². The quantitative estimate of drug-likeness (QED) is 0.277. The normalized spacial score (nSPS) is 15.1. The zero-order valence-corrected chi connectivity index (χ0v) is 23.3. The van der Waals surface area contributed by atoms with Gasteiger partial charge in [0.15, 0.2) is 11.5 Å². The van der Waals surface area contributed by atoms with Gasteiger partial charge in [0.2, 0.25) is 0 Å². The van der Waals surface area contributed by atoms with Gasteiger partial charge in [-0.3, -0.25) is 4.79 Å². The molecule has 1 heterocycles. The number of carbonyl (C=O) groups is 2. The first-order valence-electron chi connectivity index (χ1n) is 11.7. The van der Waals surface area contributed by atoms with E-state index >= 15 is 0 Å². The van der Waals surface area contributed by atoms with Crippen LogP contribution in [0.3, 0.4) is 0 Å². The molecule has 0 bridgehead atoms. The molecule has 0 fully saturated rings. The van der Waals surface area contributed by atoms with Crippen LogP contribution in [0.5, 0.6) is 11.5 Å². The van der Waals surface area contributed by atoms with Gasteiger partial charge in [0.05, 0.1) is 23.1 Å². The molecule has 200 valence electrons. The first kappa shape index (κ1) is 28.1. The van der Waals surface area contributed by atoms with Crippen molar-refractivity contribution in [3.05, 3.63) is 110 Å². The van der Waals surface area contributed by atoms with E-state index in [1.165, 1.54) is 13.2 Å². The number of rotatable bonds is 8. The SMILES string of the molecule is CCOC(=O)C1=C(O)/C(=C/c2cc(Br)c(OCc3ccccc3F)c(OC)c2)SC1=NC(=O)c1ccccc1. The van der Waals surface area contributed by atoms with E-state index in [0.717, 1.165) is 11.8 Å². The van der Waals surface area contributed by atoms with Crippen molar-refractivity contribution in [1.29, 1.82) is 0 Å². The van der Waals surface area contributed by atoms with Crippen LogP contribution in [0.1, 0.15) is 28.4 Å². The summed E-state index contributed by atoms with van der Waals surface area (Å²) in [6, 6.07) is 18.1. The number of methoxy groups -OCH3 is 1. The third-order valence-electron chi connectivity index (χ3n) is 5.47. The fraction of sp³-hybridized carbons (Fsp3) is 0.138. The van der Waals surface area contributed by atoms with Crippen molar-refractivity contribution in [1.82, 2.24) is 0 Å². The molecule has 39 heavy (non-hydrogen) atoms. The molecule has 1 aliphatic rings. The van der Waals surface area contributed by atoms with E-state index < -0.39 is 11.9 Å². The molecule has 7 nitrogen and oxygen atoms in total. The van der Waals surface area contributed by atoms with Gasteiger partial charge in [-0.2, -0.15) is 0 Å². The predicted molar refractivity (Wildman–Crippen MR) is 151 cm³/mol. The molecule has 1 N–H and O–H groups in total. The Morgan fingerprint density at radius 2 is 1.82 bits per heavy atom. The van der Waals surface area contributed by atoms with Crippen molar-refractivity contribution >= 4 is 50.7 Å². The number of halogens is 2. The lowest BCUT2D eigenvalue weighted by atomic mass is 10.1. The number of esters is 1. The minimum atomic E-state index is -0.791. The second-order valence-corrected chi connectivity index (χ2v) is 9.94. The highest BCUT2D eigenvalue weighted by Crippen LogP contribution is 2.42. The molecule has 3 aromatic carbocycles. The summed E-state index contributed by atoms with van der Waals surface area (Å²) >= 11 is 4.44. The molecule has 1 aliphatic heterocycles. The first-order valence-corrected chi connectivity index (χ1v) is 13.4. The Morgan fingerprint density at radius 3 is 2.51 bits per heavy atom. The number of nitrogens with zero attached hydrogens (tertiary/aromatic N) is 1. The molecule has 0 aromatic heterocycles. The van der Waals surface area contributed by atoms with Crippen LogP contribution in [0, 0.1) is 5.82 Å². The number of hydrogen-bond donors (Lipinski definition) is 1. The maximum Gasteiger partial charge on any atom is 0.344 e. The highest BCUT2D eigenvalue weighted by atomic mass is 79.9. The van der Waals surface area contributed by atoms with Gasteiger partial charge in [-0.1, -0.05) is 48.2 Å². The van der Waals surface area contributed by atoms with Gasteiger partial charge in [-0.15, -0.1) is 0 Å². The third-order valence-corrected chi connectivity index (χ3v) is 7.08. The van der Waals surface area contributed by atoms with Crippen molar-refractivity contribution in [2.24, 2.45) is 4.99 Å². The van der Waals surface area contributed by atoms with Crippen molar-refractivity contribution < 1.29 is 33.3 Å². The number of aliphatic hydroxyl groups excluding tert-OH is 1. The summed E-state index contributed by atoms with van der Waals surface area (Å²) in [5.41, 5.74) is 1.13. The van der Waals surface area contributed by atoms with Crippen LogP contribution in [-0.4, -0.2) is 35.7 Å². The Kier molecular flexibility index (Phi) is 9.21. The van der Waals surface area contributed by atoms with Gasteiger partial charge in [-0.25, -0.2) is 14.2 Å². The fourth-order valence-electron chi connectivity index (χ4n) is 3.61. The molecular weight excluding hydrogens is 589 g/mol. The zero-order valence-electron chi connectivity index (χ0n) is 20.9. The Bertz CT molecular complexity index is 1500. The maximum atomic E-state index is 14.0. The van der Waals surface area contributed by atoms with Crippen LogP contribution in [-0.2, 0) is 16.1 Å². The largest absolute Gasteiger partial charge is 0.506 e. The smallest absolute Gasteiger partial charge is 0.344 e. The van der Waals surface area contributed by atoms with Crippen LogP contribution in [0.15, 0.2) is 92.4 Å². The number of ether oxygens (including phenoxy) is 3. The molecule has 10 heteroatoms. The number of benzene rings is 3. The van der Waals surface area contributed by atoms with Crippen LogP contribution in [0.4, 0.5) is 4.39 Å². The maximum absolute atomic E-state index is 14.0. The number of amides is 1. The molecule has 0 saturated heterocycles. The monoisotopic (exact) mass is 611 g/mol. The Balaban J connectivity index is 1.66. The zero-order chi connectivity index (χ0) is 27.9. The van der Waals surface area contributed by atoms with Gasteiger partial charge < -0.3 is 19.3 Å². The summed E-state index contributed by atoms with van der Waals surface area (Å²) in [5.74, 6) is -1.36. The molecule has 0 spiro atoms. The van der Waals surface area contributed by atoms with E-state index in [2.05, 4.69) is 20.9 Å². The van der Waals surface area contributed by atoms with E-state index in [1.54, 1.807) is 73.7 Å². The lowest BCUT2D eigenvalue weighted by molar-refractivity contribution is -0.138. The summed E-state index contributed by atoms with van der Waals surface area (Å²) in [5, 5.41) is 11.0. The molecule has 0 atom stereocenters. The first-order chi connectivity index (χ1) is 18.8. The van der Waals surface area contributed by atoms with Crippen molar-refractivity contribution in [3.8, 4) is 11.5 Å². The summed E-state index contributed by atoms with van der Waals surface area (Å²) in [6.45, 7) is 1.71. The molecule has 0 radical (unpaired) electrons. The Morgan fingerprint density at radius 1 is 1.10 bits per heavy atom. The average Bonchev–Trinajstić information content (AvgIpc) is 3.23. The van der Waals surface area contributed by atoms with E-state index in [-0.39, 0.29) is 40.3 Å². The molecule has 0 unspecified atom stereocenters. The van der Waals surface area contributed by atoms with Crippen LogP contribution in [0.2, 0.25) is 0 Å². The molecule has 0 saturated carbocycles. The highest BCUT2D eigenvalue weighted by Gasteiger charge is 2.34. The van der Waals surface area contributed by atoms with E-state index in [9.17, 15) is 19.1 Å². The minimum absolute atomic E-state index is 0.0143. The van der Waals surface area contributed by atoms with Gasteiger partial charge in [0, 0.05) is 11.1 Å². The summed E-state index contributed by atoms with van der Waals surface area (Å²) < 4.78 is 31.0. The van der Waals surface area contributed by atoms with Crippen molar-refractivity contribution in [2.75, 3.05) is 13.7 Å². The minimum Gasteiger partial charge on any atom is -0.506 e. The van der Waals surface area contributed by atoms with Crippen LogP contribution in [0.25, 0.3) is 6.08 Å². The Labute approximate surface area is 237 Å². The topological polar surface area (TPSA) is 94.4 Å². The van der Waals surface area contributed by atoms with Crippen molar-refractivity contribution in [3.63, 3.8) is 0 Å². The Hall–Kier alpha value is -3.89. The highest BCUT2D eigenvalue weighted by molar-refractivity contribution is 9.10. The van der Waals surface area contributed by atoms with Gasteiger partial charge in [0.1, 0.15) is 28.8 Å². The van der Waals surface area contributed by atoms with Crippen LogP contribution < -0.4 is 9.47 Å². The summed E-state index contributed by atoms with van der Waals surface area (Å²) in [7, 11) is 1.47. The van der Waals surface area contributed by atoms with Gasteiger partial charge in [0.25, 0.3) is 5.91 Å². The average molecular weight is 612 g/mol. The number of carbonyl (C=O) groups excluding carboxylic acids is 2. The second-order valence-electron chi connectivity index (χ2n) is 8.06. The van der Waals surface area contributed by atoms with Crippen LogP contribution >= 0.6 is 27.7 Å².